The highest BCUT2D eigenvalue weighted by Gasteiger charge is 2.43. The van der Waals surface area contributed by atoms with E-state index in [-0.39, 0.29) is 11.2 Å². The zero-order chi connectivity index (χ0) is 18.3. The van der Waals surface area contributed by atoms with Gasteiger partial charge in [0.05, 0.1) is 38.5 Å². The first-order valence-corrected chi connectivity index (χ1v) is 8.86. The number of carbonyl (C=O) groups excluding carboxylic acids is 1. The van der Waals surface area contributed by atoms with Gasteiger partial charge in [0.1, 0.15) is 5.78 Å². The van der Waals surface area contributed by atoms with Crippen molar-refractivity contribution in [1.82, 2.24) is 15.0 Å². The summed E-state index contributed by atoms with van der Waals surface area (Å²) in [6.07, 6.45) is 3.68. The molecule has 1 aliphatic heterocycles. The minimum atomic E-state index is -0.531. The molecule has 0 saturated heterocycles. The fourth-order valence-electron chi connectivity index (χ4n) is 2.27. The van der Waals surface area contributed by atoms with Crippen molar-refractivity contribution < 1.29 is 14.3 Å². The van der Waals surface area contributed by atoms with E-state index < -0.39 is 5.66 Å². The van der Waals surface area contributed by atoms with Crippen molar-refractivity contribution in [2.24, 2.45) is 15.6 Å². The van der Waals surface area contributed by atoms with Crippen LogP contribution in [0.15, 0.2) is 16.4 Å². The molecule has 1 aliphatic rings. The number of aromatic nitrogens is 3. The summed E-state index contributed by atoms with van der Waals surface area (Å²) in [4.78, 5) is 12.2. The molecule has 0 bridgehead atoms. The lowest BCUT2D eigenvalue weighted by Crippen LogP contribution is -2.27. The Bertz CT molecular complexity index is 585. The SMILES string of the molecule is CCOCCOCCn1cc(CCC2(CC(=O)C(C)(C)C)N=N2)nn1. The van der Waals surface area contributed by atoms with Crippen LogP contribution in [0.4, 0.5) is 0 Å². The standard InChI is InChI=1S/C17H29N5O3/c1-5-24-10-11-25-9-8-22-13-14(18-21-22)6-7-17(19-20-17)12-15(23)16(2,3)4/h13H,5-12H2,1-4H3. The average molecular weight is 351 g/mol. The summed E-state index contributed by atoms with van der Waals surface area (Å²) in [6, 6.07) is 0. The minimum Gasteiger partial charge on any atom is -0.379 e. The molecule has 0 saturated carbocycles. The van der Waals surface area contributed by atoms with E-state index in [1.54, 1.807) is 4.68 Å². The highest BCUT2D eigenvalue weighted by atomic mass is 16.5. The van der Waals surface area contributed by atoms with E-state index in [0.717, 1.165) is 5.69 Å². The summed E-state index contributed by atoms with van der Waals surface area (Å²) >= 11 is 0. The van der Waals surface area contributed by atoms with Crippen molar-refractivity contribution in [2.45, 2.75) is 59.2 Å². The zero-order valence-corrected chi connectivity index (χ0v) is 15.7. The number of carbonyl (C=O) groups is 1. The highest BCUT2D eigenvalue weighted by Crippen LogP contribution is 2.38. The molecule has 0 atom stereocenters. The zero-order valence-electron chi connectivity index (χ0n) is 15.7. The van der Waals surface area contributed by atoms with E-state index in [1.165, 1.54) is 0 Å². The fraction of sp³-hybridized carbons (Fsp3) is 0.824. The number of aryl methyl sites for hydroxylation is 1. The van der Waals surface area contributed by atoms with Gasteiger partial charge in [-0.25, -0.2) is 4.68 Å². The first kappa shape index (κ1) is 19.7. The second-order valence-electron chi connectivity index (χ2n) is 7.31. The summed E-state index contributed by atoms with van der Waals surface area (Å²) < 4.78 is 12.4. The Labute approximate surface area is 149 Å². The molecule has 2 heterocycles. The molecule has 0 fully saturated rings. The lowest BCUT2D eigenvalue weighted by Gasteiger charge is -2.18. The third-order valence-corrected chi connectivity index (χ3v) is 4.07. The molecule has 1 aromatic heterocycles. The van der Waals surface area contributed by atoms with E-state index >= 15 is 0 Å². The van der Waals surface area contributed by atoms with Gasteiger partial charge >= 0.3 is 0 Å². The van der Waals surface area contributed by atoms with Crippen LogP contribution in [0.25, 0.3) is 0 Å². The third-order valence-electron chi connectivity index (χ3n) is 4.07. The Morgan fingerprint density at radius 3 is 2.56 bits per heavy atom. The van der Waals surface area contributed by atoms with Gasteiger partial charge in [0, 0.05) is 24.6 Å². The van der Waals surface area contributed by atoms with Crippen molar-refractivity contribution in [1.29, 1.82) is 0 Å². The summed E-state index contributed by atoms with van der Waals surface area (Å²) in [5, 5.41) is 16.5. The topological polar surface area (TPSA) is 91.0 Å². The quantitative estimate of drug-likeness (QED) is 0.539. The summed E-state index contributed by atoms with van der Waals surface area (Å²) in [7, 11) is 0. The van der Waals surface area contributed by atoms with Crippen LogP contribution in [0.3, 0.4) is 0 Å². The number of rotatable bonds is 12. The van der Waals surface area contributed by atoms with Crippen molar-refractivity contribution in [3.05, 3.63) is 11.9 Å². The molecule has 0 aromatic carbocycles. The number of Topliss-reactive ketones (excluding diaryl/α,β-unsaturated/α-hetero) is 1. The molecule has 1 aromatic rings. The van der Waals surface area contributed by atoms with Crippen LogP contribution < -0.4 is 0 Å². The Morgan fingerprint density at radius 2 is 1.92 bits per heavy atom. The Morgan fingerprint density at radius 1 is 1.20 bits per heavy atom. The van der Waals surface area contributed by atoms with Gasteiger partial charge in [-0.15, -0.1) is 5.10 Å². The average Bonchev–Trinajstić information content (AvgIpc) is 3.16. The largest absolute Gasteiger partial charge is 0.379 e. The molecule has 0 spiro atoms. The molecule has 25 heavy (non-hydrogen) atoms. The van der Waals surface area contributed by atoms with Crippen molar-refractivity contribution in [3.63, 3.8) is 0 Å². The summed E-state index contributed by atoms with van der Waals surface area (Å²) in [6.45, 7) is 10.9. The molecule has 2 rings (SSSR count). The van der Waals surface area contributed by atoms with E-state index in [9.17, 15) is 4.79 Å². The van der Waals surface area contributed by atoms with E-state index in [2.05, 4.69) is 20.5 Å². The van der Waals surface area contributed by atoms with Crippen LogP contribution in [0, 0.1) is 5.41 Å². The number of ether oxygens (including phenoxy) is 2. The highest BCUT2D eigenvalue weighted by molar-refractivity contribution is 5.84. The maximum absolute atomic E-state index is 12.2. The van der Waals surface area contributed by atoms with Gasteiger partial charge in [-0.1, -0.05) is 26.0 Å². The molecular weight excluding hydrogens is 322 g/mol. The van der Waals surface area contributed by atoms with Crippen molar-refractivity contribution in [2.75, 3.05) is 26.4 Å². The van der Waals surface area contributed by atoms with Crippen LogP contribution in [0.1, 0.15) is 46.2 Å². The number of ketones is 1. The fourth-order valence-corrected chi connectivity index (χ4v) is 2.27. The Hall–Kier alpha value is -1.67. The van der Waals surface area contributed by atoms with Gasteiger partial charge in [-0.05, 0) is 13.3 Å². The van der Waals surface area contributed by atoms with Crippen molar-refractivity contribution in [3.8, 4) is 0 Å². The monoisotopic (exact) mass is 351 g/mol. The lowest BCUT2D eigenvalue weighted by molar-refractivity contribution is -0.127. The molecule has 0 N–H and O–H groups in total. The van der Waals surface area contributed by atoms with Gasteiger partial charge < -0.3 is 9.47 Å². The lowest BCUT2D eigenvalue weighted by atomic mass is 9.85. The smallest absolute Gasteiger partial charge is 0.198 e. The maximum atomic E-state index is 12.2. The first-order chi connectivity index (χ1) is 11.8. The Balaban J connectivity index is 1.68. The molecular formula is C17H29N5O3. The molecule has 0 radical (unpaired) electrons. The normalized spacial score (nSPS) is 15.5. The van der Waals surface area contributed by atoms with Crippen LogP contribution in [-0.4, -0.2) is 52.9 Å². The van der Waals surface area contributed by atoms with E-state index in [1.807, 2.05) is 33.9 Å². The molecule has 140 valence electrons. The second kappa shape index (κ2) is 8.62. The summed E-state index contributed by atoms with van der Waals surface area (Å²) in [5.41, 5.74) is -0.00293. The second-order valence-corrected chi connectivity index (χ2v) is 7.31. The Kier molecular flexibility index (Phi) is 6.78. The molecule has 0 unspecified atom stereocenters. The molecule has 0 amide bonds. The van der Waals surface area contributed by atoms with Crippen LogP contribution in [0.2, 0.25) is 0 Å². The van der Waals surface area contributed by atoms with Crippen LogP contribution in [-0.2, 0) is 27.2 Å². The van der Waals surface area contributed by atoms with Gasteiger partial charge in [0.2, 0.25) is 0 Å². The van der Waals surface area contributed by atoms with Gasteiger partial charge in [-0.3, -0.25) is 4.79 Å². The van der Waals surface area contributed by atoms with Gasteiger partial charge in [0.25, 0.3) is 0 Å². The first-order valence-electron chi connectivity index (χ1n) is 8.86. The molecule has 0 aliphatic carbocycles. The predicted octanol–water partition coefficient (Wildman–Crippen LogP) is 2.43. The van der Waals surface area contributed by atoms with Crippen molar-refractivity contribution >= 4 is 5.78 Å². The summed E-state index contributed by atoms with van der Waals surface area (Å²) in [5.74, 6) is 0.186. The van der Waals surface area contributed by atoms with Crippen LogP contribution >= 0.6 is 0 Å². The minimum absolute atomic E-state index is 0.186. The molecule has 8 nitrogen and oxygen atoms in total. The van der Waals surface area contributed by atoms with Gasteiger partial charge in [0.15, 0.2) is 5.66 Å². The predicted molar refractivity (Wildman–Crippen MR) is 92.3 cm³/mol. The van der Waals surface area contributed by atoms with E-state index in [4.69, 9.17) is 9.47 Å². The molecule has 8 heteroatoms. The van der Waals surface area contributed by atoms with E-state index in [0.29, 0.717) is 52.2 Å². The third kappa shape index (κ3) is 6.62. The maximum Gasteiger partial charge on any atom is 0.198 e. The van der Waals surface area contributed by atoms with Gasteiger partial charge in [-0.2, -0.15) is 10.2 Å². The number of hydrogen-bond acceptors (Lipinski definition) is 7. The van der Waals surface area contributed by atoms with Crippen LogP contribution in [0.5, 0.6) is 0 Å². The number of nitrogens with zero attached hydrogens (tertiary/aromatic N) is 5. The number of hydrogen-bond donors (Lipinski definition) is 0.